The van der Waals surface area contributed by atoms with E-state index >= 15 is 0 Å². The molecule has 130 valence electrons. The highest BCUT2D eigenvalue weighted by atomic mass is 32.2. The van der Waals surface area contributed by atoms with Gasteiger partial charge in [0, 0.05) is 24.6 Å². The lowest BCUT2D eigenvalue weighted by molar-refractivity contribution is -0.120. The van der Waals surface area contributed by atoms with Gasteiger partial charge in [-0.05, 0) is 38.1 Å². The quantitative estimate of drug-likeness (QED) is 0.573. The number of carbonyl (C=O) groups excluding carboxylic acids is 2. The molecule has 1 aromatic rings. The van der Waals surface area contributed by atoms with Crippen LogP contribution in [0.5, 0.6) is 0 Å². The molecule has 0 fully saturated rings. The van der Waals surface area contributed by atoms with Crippen LogP contribution in [-0.2, 0) is 14.8 Å². The van der Waals surface area contributed by atoms with Gasteiger partial charge >= 0.3 is 0 Å². The van der Waals surface area contributed by atoms with Crippen LogP contribution in [0, 0.1) is 11.3 Å². The van der Waals surface area contributed by atoms with Gasteiger partial charge in [0.2, 0.25) is 15.9 Å². The number of carbonyl (C=O) groups is 2. The molecule has 8 nitrogen and oxygen atoms in total. The Bertz CT molecular complexity index is 721. The van der Waals surface area contributed by atoms with Crippen molar-refractivity contribution in [2.24, 2.45) is 0 Å². The number of rotatable bonds is 8. The highest BCUT2D eigenvalue weighted by Gasteiger charge is 2.14. The molecule has 0 atom stereocenters. The first kappa shape index (κ1) is 19.6. The third kappa shape index (κ3) is 6.36. The maximum atomic E-state index is 11.9. The second-order valence-corrected chi connectivity index (χ2v) is 7.00. The lowest BCUT2D eigenvalue weighted by Crippen LogP contribution is -2.39. The third-order valence-electron chi connectivity index (χ3n) is 2.81. The van der Waals surface area contributed by atoms with Crippen LogP contribution in [0.4, 0.5) is 0 Å². The molecule has 0 saturated carbocycles. The van der Waals surface area contributed by atoms with E-state index in [2.05, 4.69) is 15.4 Å². The second kappa shape index (κ2) is 9.00. The number of hydrogen-bond acceptors (Lipinski definition) is 5. The minimum Gasteiger partial charge on any atom is -0.352 e. The summed E-state index contributed by atoms with van der Waals surface area (Å²) < 4.78 is 26.1. The number of amides is 2. The molecule has 1 rings (SSSR count). The van der Waals surface area contributed by atoms with E-state index in [0.717, 1.165) is 0 Å². The molecular formula is C15H20N4O4S. The predicted molar refractivity (Wildman–Crippen MR) is 87.5 cm³/mol. The predicted octanol–water partition coefficient (Wildman–Crippen LogP) is 0.133. The molecule has 24 heavy (non-hydrogen) atoms. The van der Waals surface area contributed by atoms with E-state index in [0.29, 0.717) is 0 Å². The first-order valence-electron chi connectivity index (χ1n) is 7.30. The Morgan fingerprint density at radius 1 is 1.21 bits per heavy atom. The standard InChI is InChI=1S/C15H20N4O4S/c1-11(2)19-14(20)10-17-15(21)12-4-6-13(7-5-12)24(22,23)18-9-3-8-16/h4-7,11,18H,3,9-10H2,1-2H3,(H,17,21)(H,19,20). The van der Waals surface area contributed by atoms with Crippen LogP contribution in [0.3, 0.4) is 0 Å². The van der Waals surface area contributed by atoms with Crippen molar-refractivity contribution in [3.05, 3.63) is 29.8 Å². The van der Waals surface area contributed by atoms with E-state index in [1.54, 1.807) is 0 Å². The molecule has 0 heterocycles. The van der Waals surface area contributed by atoms with Crippen molar-refractivity contribution >= 4 is 21.8 Å². The van der Waals surface area contributed by atoms with Gasteiger partial charge in [0.15, 0.2) is 0 Å². The highest BCUT2D eigenvalue weighted by Crippen LogP contribution is 2.10. The molecule has 2 amide bonds. The van der Waals surface area contributed by atoms with Crippen molar-refractivity contribution in [2.75, 3.05) is 13.1 Å². The molecule has 0 aliphatic carbocycles. The number of nitrogens with zero attached hydrogens (tertiary/aromatic N) is 1. The summed E-state index contributed by atoms with van der Waals surface area (Å²) in [4.78, 5) is 23.4. The Morgan fingerprint density at radius 2 is 1.83 bits per heavy atom. The number of nitrogens with one attached hydrogen (secondary N) is 3. The molecular weight excluding hydrogens is 332 g/mol. The maximum absolute atomic E-state index is 11.9. The summed E-state index contributed by atoms with van der Waals surface area (Å²) in [5, 5.41) is 13.5. The summed E-state index contributed by atoms with van der Waals surface area (Å²) in [7, 11) is -3.71. The average Bonchev–Trinajstić information content (AvgIpc) is 2.52. The van der Waals surface area contributed by atoms with Crippen LogP contribution in [-0.4, -0.2) is 39.4 Å². The third-order valence-corrected chi connectivity index (χ3v) is 4.29. The van der Waals surface area contributed by atoms with Crippen molar-refractivity contribution in [3.63, 3.8) is 0 Å². The van der Waals surface area contributed by atoms with Gasteiger partial charge in [-0.2, -0.15) is 5.26 Å². The molecule has 0 unspecified atom stereocenters. The van der Waals surface area contributed by atoms with E-state index in [4.69, 9.17) is 5.26 Å². The zero-order valence-electron chi connectivity index (χ0n) is 13.5. The summed E-state index contributed by atoms with van der Waals surface area (Å²) in [6.45, 7) is 3.48. The second-order valence-electron chi connectivity index (χ2n) is 5.24. The van der Waals surface area contributed by atoms with E-state index in [1.165, 1.54) is 24.3 Å². The van der Waals surface area contributed by atoms with E-state index in [1.807, 2.05) is 19.9 Å². The average molecular weight is 352 g/mol. The van der Waals surface area contributed by atoms with E-state index < -0.39 is 15.9 Å². The van der Waals surface area contributed by atoms with Gasteiger partial charge in [-0.3, -0.25) is 9.59 Å². The van der Waals surface area contributed by atoms with Crippen molar-refractivity contribution in [3.8, 4) is 6.07 Å². The van der Waals surface area contributed by atoms with Gasteiger partial charge in [0.1, 0.15) is 0 Å². The van der Waals surface area contributed by atoms with Crippen LogP contribution in [0.2, 0.25) is 0 Å². The molecule has 1 aromatic carbocycles. The van der Waals surface area contributed by atoms with Gasteiger partial charge in [-0.25, -0.2) is 13.1 Å². The highest BCUT2D eigenvalue weighted by molar-refractivity contribution is 7.89. The van der Waals surface area contributed by atoms with Crippen LogP contribution in [0.25, 0.3) is 0 Å². The topological polar surface area (TPSA) is 128 Å². The Hall–Kier alpha value is -2.44. The number of benzene rings is 1. The Morgan fingerprint density at radius 3 is 2.38 bits per heavy atom. The Kier molecular flexibility index (Phi) is 7.35. The Balaban J connectivity index is 2.65. The van der Waals surface area contributed by atoms with Crippen LogP contribution in [0.1, 0.15) is 30.6 Å². The minimum atomic E-state index is -3.71. The Labute approximate surface area is 141 Å². The maximum Gasteiger partial charge on any atom is 0.251 e. The number of sulfonamides is 1. The fraction of sp³-hybridized carbons (Fsp3) is 0.400. The molecule has 0 saturated heterocycles. The molecule has 9 heteroatoms. The van der Waals surface area contributed by atoms with E-state index in [9.17, 15) is 18.0 Å². The SMILES string of the molecule is CC(C)NC(=O)CNC(=O)c1ccc(S(=O)(=O)NCCC#N)cc1. The van der Waals surface area contributed by atoms with Gasteiger partial charge in [0.25, 0.3) is 5.91 Å². The lowest BCUT2D eigenvalue weighted by atomic mass is 10.2. The molecule has 3 N–H and O–H groups in total. The normalized spacial score (nSPS) is 10.9. The number of hydrogen-bond donors (Lipinski definition) is 3. The van der Waals surface area contributed by atoms with Crippen molar-refractivity contribution in [2.45, 2.75) is 31.2 Å². The van der Waals surface area contributed by atoms with Crippen molar-refractivity contribution in [1.82, 2.24) is 15.4 Å². The monoisotopic (exact) mass is 352 g/mol. The fourth-order valence-corrected chi connectivity index (χ4v) is 2.78. The molecule has 0 bridgehead atoms. The van der Waals surface area contributed by atoms with Crippen LogP contribution < -0.4 is 15.4 Å². The first-order chi connectivity index (χ1) is 11.3. The van der Waals surface area contributed by atoms with Gasteiger partial charge < -0.3 is 10.6 Å². The van der Waals surface area contributed by atoms with Gasteiger partial charge in [-0.15, -0.1) is 0 Å². The summed E-state index contributed by atoms with van der Waals surface area (Å²) >= 11 is 0. The summed E-state index contributed by atoms with van der Waals surface area (Å²) in [5.74, 6) is -0.783. The fourth-order valence-electron chi connectivity index (χ4n) is 1.75. The molecule has 0 aromatic heterocycles. The summed E-state index contributed by atoms with van der Waals surface area (Å²) in [6, 6.07) is 7.11. The van der Waals surface area contributed by atoms with E-state index in [-0.39, 0.29) is 41.9 Å². The number of nitriles is 1. The smallest absolute Gasteiger partial charge is 0.251 e. The van der Waals surface area contributed by atoms with Gasteiger partial charge in [-0.1, -0.05) is 0 Å². The summed E-state index contributed by atoms with van der Waals surface area (Å²) in [5.41, 5.74) is 0.239. The first-order valence-corrected chi connectivity index (χ1v) is 8.79. The largest absolute Gasteiger partial charge is 0.352 e. The van der Waals surface area contributed by atoms with Gasteiger partial charge in [0.05, 0.1) is 17.5 Å². The lowest BCUT2D eigenvalue weighted by Gasteiger charge is -2.10. The molecule has 0 radical (unpaired) electrons. The molecule has 0 aliphatic rings. The molecule has 0 spiro atoms. The zero-order chi connectivity index (χ0) is 18.2. The molecule has 0 aliphatic heterocycles. The van der Waals surface area contributed by atoms with Crippen molar-refractivity contribution in [1.29, 1.82) is 5.26 Å². The zero-order valence-corrected chi connectivity index (χ0v) is 14.3. The summed E-state index contributed by atoms with van der Waals surface area (Å²) in [6.07, 6.45) is 0.0676. The van der Waals surface area contributed by atoms with Crippen molar-refractivity contribution < 1.29 is 18.0 Å². The minimum absolute atomic E-state index is 0.00505. The van der Waals surface area contributed by atoms with Crippen LogP contribution in [0.15, 0.2) is 29.2 Å². The van der Waals surface area contributed by atoms with Crippen LogP contribution >= 0.6 is 0 Å².